The van der Waals surface area contributed by atoms with Crippen LogP contribution >= 0.6 is 11.3 Å². The molecule has 1 saturated heterocycles. The number of thiophene rings is 1. The minimum absolute atomic E-state index is 0.0590. The maximum Gasteiger partial charge on any atom is 0.259 e. The van der Waals surface area contributed by atoms with Crippen LogP contribution in [0.15, 0.2) is 4.79 Å². The van der Waals surface area contributed by atoms with Gasteiger partial charge in [-0.3, -0.25) is 4.79 Å². The van der Waals surface area contributed by atoms with Gasteiger partial charge in [-0.05, 0) is 38.8 Å². The number of H-pyrrole nitrogens is 1. The summed E-state index contributed by atoms with van der Waals surface area (Å²) in [7, 11) is 0. The van der Waals surface area contributed by atoms with Crippen molar-refractivity contribution in [3.8, 4) is 0 Å². The normalized spacial score (nSPS) is 19.2. The van der Waals surface area contributed by atoms with E-state index in [0.717, 1.165) is 33.6 Å². The molecule has 2 aromatic heterocycles. The van der Waals surface area contributed by atoms with E-state index in [4.69, 9.17) is 4.74 Å². The van der Waals surface area contributed by atoms with Gasteiger partial charge in [0.15, 0.2) is 0 Å². The van der Waals surface area contributed by atoms with Gasteiger partial charge in [-0.15, -0.1) is 11.3 Å². The number of fused-ring (bicyclic) bond motifs is 1. The van der Waals surface area contributed by atoms with E-state index in [2.05, 4.69) is 15.3 Å². The summed E-state index contributed by atoms with van der Waals surface area (Å²) in [5, 5.41) is 4.16. The summed E-state index contributed by atoms with van der Waals surface area (Å²) < 4.78 is 5.71. The zero-order valence-corrected chi connectivity index (χ0v) is 13.3. The predicted molar refractivity (Wildman–Crippen MR) is 85.0 cm³/mol. The van der Waals surface area contributed by atoms with Crippen LogP contribution in [0.1, 0.15) is 35.5 Å². The smallest absolute Gasteiger partial charge is 0.259 e. The lowest BCUT2D eigenvalue weighted by Crippen LogP contribution is -2.37. The van der Waals surface area contributed by atoms with Gasteiger partial charge in [0.25, 0.3) is 5.56 Å². The number of rotatable bonds is 4. The second-order valence-electron chi connectivity index (χ2n) is 5.64. The highest BCUT2D eigenvalue weighted by atomic mass is 32.1. The Labute approximate surface area is 127 Å². The lowest BCUT2D eigenvalue weighted by Gasteiger charge is -2.22. The van der Waals surface area contributed by atoms with Crippen molar-refractivity contribution >= 4 is 21.6 Å². The van der Waals surface area contributed by atoms with E-state index >= 15 is 0 Å². The van der Waals surface area contributed by atoms with Crippen LogP contribution in [0.2, 0.25) is 0 Å². The zero-order chi connectivity index (χ0) is 14.8. The summed E-state index contributed by atoms with van der Waals surface area (Å²) in [5.74, 6) is 0.615. The van der Waals surface area contributed by atoms with Crippen LogP contribution in [0.3, 0.4) is 0 Å². The highest BCUT2D eigenvalue weighted by molar-refractivity contribution is 7.18. The standard InChI is InChI=1S/C15H21N3O2S/c1-9-10(2)21-15-13(9)14(19)17-12(18-15)8-20-7-11-5-3-4-6-16-11/h11,16H,3-8H2,1-2H3,(H,17,18,19). The number of hydrogen-bond acceptors (Lipinski definition) is 5. The van der Waals surface area contributed by atoms with Crippen molar-refractivity contribution in [1.29, 1.82) is 0 Å². The van der Waals surface area contributed by atoms with Crippen molar-refractivity contribution in [3.63, 3.8) is 0 Å². The molecule has 2 aromatic rings. The van der Waals surface area contributed by atoms with Crippen molar-refractivity contribution in [2.45, 2.75) is 45.8 Å². The van der Waals surface area contributed by atoms with Crippen molar-refractivity contribution in [1.82, 2.24) is 15.3 Å². The lowest BCUT2D eigenvalue weighted by atomic mass is 10.1. The van der Waals surface area contributed by atoms with Crippen LogP contribution < -0.4 is 10.9 Å². The average Bonchev–Trinajstić information content (AvgIpc) is 2.75. The molecule has 3 heterocycles. The van der Waals surface area contributed by atoms with Crippen molar-refractivity contribution in [3.05, 3.63) is 26.6 Å². The number of aromatic amines is 1. The lowest BCUT2D eigenvalue weighted by molar-refractivity contribution is 0.0868. The number of ether oxygens (including phenoxy) is 1. The zero-order valence-electron chi connectivity index (χ0n) is 12.5. The Balaban J connectivity index is 1.68. The molecule has 3 rings (SSSR count). The summed E-state index contributed by atoms with van der Waals surface area (Å²) >= 11 is 1.57. The summed E-state index contributed by atoms with van der Waals surface area (Å²) in [6.07, 6.45) is 3.67. The number of aryl methyl sites for hydroxylation is 2. The van der Waals surface area contributed by atoms with E-state index in [1.54, 1.807) is 11.3 Å². The maximum absolute atomic E-state index is 12.1. The van der Waals surface area contributed by atoms with Crippen LogP contribution in [-0.2, 0) is 11.3 Å². The highest BCUT2D eigenvalue weighted by Crippen LogP contribution is 2.25. The molecule has 1 aliphatic rings. The quantitative estimate of drug-likeness (QED) is 0.909. The number of nitrogens with zero attached hydrogens (tertiary/aromatic N) is 1. The van der Waals surface area contributed by atoms with E-state index < -0.39 is 0 Å². The van der Waals surface area contributed by atoms with E-state index in [1.807, 2.05) is 13.8 Å². The SMILES string of the molecule is Cc1sc2nc(COCC3CCCCN3)[nH]c(=O)c2c1C. The number of aromatic nitrogens is 2. The summed E-state index contributed by atoms with van der Waals surface area (Å²) in [6, 6.07) is 0.431. The Kier molecular flexibility index (Phi) is 4.37. The number of hydrogen-bond donors (Lipinski definition) is 2. The van der Waals surface area contributed by atoms with E-state index in [0.29, 0.717) is 25.1 Å². The van der Waals surface area contributed by atoms with Crippen LogP contribution in [0.4, 0.5) is 0 Å². The molecule has 0 saturated carbocycles. The fourth-order valence-corrected chi connectivity index (χ4v) is 3.78. The minimum atomic E-state index is -0.0590. The summed E-state index contributed by atoms with van der Waals surface area (Å²) in [6.45, 7) is 6.09. The molecule has 1 fully saturated rings. The third kappa shape index (κ3) is 3.17. The molecule has 1 unspecified atom stereocenters. The van der Waals surface area contributed by atoms with Crippen LogP contribution in [0, 0.1) is 13.8 Å². The van der Waals surface area contributed by atoms with E-state index in [9.17, 15) is 4.79 Å². The van der Waals surface area contributed by atoms with Crippen molar-refractivity contribution < 1.29 is 4.74 Å². The Bertz CT molecular complexity index is 686. The molecule has 0 spiro atoms. The Morgan fingerprint density at radius 1 is 1.38 bits per heavy atom. The first-order valence-corrected chi connectivity index (χ1v) is 8.27. The molecule has 6 heteroatoms. The molecule has 1 aliphatic heterocycles. The van der Waals surface area contributed by atoms with Crippen LogP contribution in [0.25, 0.3) is 10.2 Å². The molecule has 2 N–H and O–H groups in total. The molecule has 5 nitrogen and oxygen atoms in total. The van der Waals surface area contributed by atoms with Gasteiger partial charge < -0.3 is 15.0 Å². The second kappa shape index (κ2) is 6.25. The third-order valence-corrected chi connectivity index (χ3v) is 5.16. The Morgan fingerprint density at radius 2 is 2.24 bits per heavy atom. The first kappa shape index (κ1) is 14.7. The molecular weight excluding hydrogens is 286 g/mol. The molecule has 0 bridgehead atoms. The maximum atomic E-state index is 12.1. The number of piperidine rings is 1. The molecule has 0 radical (unpaired) electrons. The van der Waals surface area contributed by atoms with Gasteiger partial charge in [0.1, 0.15) is 17.3 Å². The van der Waals surface area contributed by atoms with Gasteiger partial charge in [0.2, 0.25) is 0 Å². The Hall–Kier alpha value is -1.24. The van der Waals surface area contributed by atoms with Gasteiger partial charge in [-0.25, -0.2) is 4.98 Å². The van der Waals surface area contributed by atoms with Crippen molar-refractivity contribution in [2.75, 3.05) is 13.2 Å². The molecular formula is C15H21N3O2S. The topological polar surface area (TPSA) is 67.0 Å². The van der Waals surface area contributed by atoms with Gasteiger partial charge in [0.05, 0.1) is 12.0 Å². The van der Waals surface area contributed by atoms with Gasteiger partial charge in [-0.1, -0.05) is 6.42 Å². The number of nitrogens with one attached hydrogen (secondary N) is 2. The van der Waals surface area contributed by atoms with Crippen molar-refractivity contribution in [2.24, 2.45) is 0 Å². The molecule has 114 valence electrons. The second-order valence-corrected chi connectivity index (χ2v) is 6.84. The monoisotopic (exact) mass is 307 g/mol. The predicted octanol–water partition coefficient (Wildman–Crippen LogP) is 2.26. The summed E-state index contributed by atoms with van der Waals surface area (Å²) in [5.41, 5.74) is 0.971. The van der Waals surface area contributed by atoms with Crippen LogP contribution in [0.5, 0.6) is 0 Å². The molecule has 0 amide bonds. The van der Waals surface area contributed by atoms with Gasteiger partial charge in [-0.2, -0.15) is 0 Å². The highest BCUT2D eigenvalue weighted by Gasteiger charge is 2.14. The van der Waals surface area contributed by atoms with Gasteiger partial charge >= 0.3 is 0 Å². The first-order valence-electron chi connectivity index (χ1n) is 7.45. The average molecular weight is 307 g/mol. The molecule has 0 aliphatic carbocycles. The van der Waals surface area contributed by atoms with Gasteiger partial charge in [0, 0.05) is 10.9 Å². The largest absolute Gasteiger partial charge is 0.372 e. The van der Waals surface area contributed by atoms with Crippen LogP contribution in [-0.4, -0.2) is 29.2 Å². The van der Waals surface area contributed by atoms with E-state index in [-0.39, 0.29) is 5.56 Å². The summed E-state index contributed by atoms with van der Waals surface area (Å²) in [4.78, 5) is 21.5. The Morgan fingerprint density at radius 3 is 3.00 bits per heavy atom. The minimum Gasteiger partial charge on any atom is -0.372 e. The molecule has 0 aromatic carbocycles. The third-order valence-electron chi connectivity index (χ3n) is 4.06. The first-order chi connectivity index (χ1) is 10.1. The fraction of sp³-hybridized carbons (Fsp3) is 0.600. The molecule has 1 atom stereocenters. The van der Waals surface area contributed by atoms with E-state index in [1.165, 1.54) is 12.8 Å². The molecule has 21 heavy (non-hydrogen) atoms. The fourth-order valence-electron chi connectivity index (χ4n) is 2.73.